The van der Waals surface area contributed by atoms with Crippen molar-refractivity contribution in [2.45, 2.75) is 23.6 Å². The van der Waals surface area contributed by atoms with Crippen LogP contribution >= 0.6 is 0 Å². The monoisotopic (exact) mass is 910 g/mol. The molecule has 0 aliphatic rings. The quantitative estimate of drug-likeness (QED) is 0.0486. The van der Waals surface area contributed by atoms with Gasteiger partial charge >= 0.3 is 48.9 Å². The predicted molar refractivity (Wildman–Crippen MR) is 197 cm³/mol. The smallest absolute Gasteiger partial charge is 0.744 e. The summed E-state index contributed by atoms with van der Waals surface area (Å²) in [4.78, 5) is 19.6. The second-order valence-electron chi connectivity index (χ2n) is 11.4. The van der Waals surface area contributed by atoms with Crippen molar-refractivity contribution in [2.75, 3.05) is 0 Å². The number of hydrogen-bond donors (Lipinski definition) is 2. The van der Waals surface area contributed by atoms with E-state index in [1.54, 1.807) is 26.0 Å². The fraction of sp³-hybridized carbons (Fsp3) is 0.0588. The summed E-state index contributed by atoms with van der Waals surface area (Å²) in [6, 6.07) is 21.3. The Hall–Kier alpha value is -5.17. The number of nitro benzene ring substituents is 2. The average molecular weight is 910 g/mol. The van der Waals surface area contributed by atoms with Gasteiger partial charge < -0.3 is 19.3 Å². The number of rotatable bonds is 8. The third kappa shape index (κ3) is 10.1. The van der Waals surface area contributed by atoms with Gasteiger partial charge in [-0.2, -0.15) is 10.2 Å². The van der Waals surface area contributed by atoms with Crippen LogP contribution in [0.3, 0.4) is 0 Å². The molecule has 55 heavy (non-hydrogen) atoms. The van der Waals surface area contributed by atoms with Gasteiger partial charge in [0.2, 0.25) is 0 Å². The molecule has 0 spiro atoms. The molecule has 0 radical (unpaired) electrons. The summed E-state index contributed by atoms with van der Waals surface area (Å²) in [6.45, 7) is 3.23. The van der Waals surface area contributed by atoms with Crippen LogP contribution in [0, 0.1) is 34.1 Å². The third-order valence-corrected chi connectivity index (χ3v) is 9.42. The number of aromatic hydroxyl groups is 2. The maximum Gasteiger partial charge on any atom is 2.00 e. The van der Waals surface area contributed by atoms with Crippen molar-refractivity contribution in [2.24, 2.45) is 20.5 Å². The van der Waals surface area contributed by atoms with E-state index in [2.05, 4.69) is 20.5 Å². The minimum atomic E-state index is -4.68. The molecular formula is C34H24BaN6O12S2. The van der Waals surface area contributed by atoms with Crippen molar-refractivity contribution < 1.29 is 46.0 Å². The van der Waals surface area contributed by atoms with Crippen LogP contribution in [0.5, 0.6) is 11.5 Å². The van der Waals surface area contributed by atoms with E-state index in [9.17, 15) is 56.4 Å². The summed E-state index contributed by atoms with van der Waals surface area (Å²) < 4.78 is 67.5. The summed E-state index contributed by atoms with van der Waals surface area (Å²) >= 11 is 0. The zero-order chi connectivity index (χ0) is 39.5. The molecule has 0 amide bonds. The molecule has 0 fully saturated rings. The Balaban J connectivity index is 0.000000240. The van der Waals surface area contributed by atoms with Crippen molar-refractivity contribution in [3.63, 3.8) is 0 Å². The van der Waals surface area contributed by atoms with Gasteiger partial charge in [0.05, 0.1) is 31.0 Å². The third-order valence-electron chi connectivity index (χ3n) is 7.76. The summed E-state index contributed by atoms with van der Waals surface area (Å²) in [7, 11) is -9.36. The molecule has 6 rings (SSSR count). The standard InChI is InChI=1S/2C17H13N3O6S.Ba/c2*1-10-8-12(20(22)23)4-6-15(10)18-19-17-14-9-13(27(24,25)26)5-2-11(14)3-7-16(17)21;/h2*2-9,21H,1H3,(H,24,25,26);/q;;+2/p-2. The minimum Gasteiger partial charge on any atom is -0.744 e. The molecule has 6 aromatic carbocycles. The van der Waals surface area contributed by atoms with Gasteiger partial charge in [-0.25, -0.2) is 16.8 Å². The molecule has 0 aliphatic carbocycles. The molecule has 0 aromatic heterocycles. The zero-order valence-electron chi connectivity index (χ0n) is 28.4. The van der Waals surface area contributed by atoms with Crippen LogP contribution in [0.25, 0.3) is 21.5 Å². The Morgan fingerprint density at radius 2 is 0.873 bits per heavy atom. The molecule has 0 unspecified atom stereocenters. The fourth-order valence-corrected chi connectivity index (χ4v) is 6.00. The zero-order valence-corrected chi connectivity index (χ0v) is 34.5. The number of aryl methyl sites for hydroxylation is 2. The number of azo groups is 2. The molecule has 6 aromatic rings. The number of benzene rings is 6. The number of phenols is 2. The minimum absolute atomic E-state index is 0. The Kier molecular flexibility index (Phi) is 13.2. The first kappa shape index (κ1) is 42.6. The first-order valence-electron chi connectivity index (χ1n) is 15.1. The van der Waals surface area contributed by atoms with Crippen LogP contribution in [0.4, 0.5) is 34.1 Å². The molecule has 0 aliphatic heterocycles. The fourth-order valence-electron chi connectivity index (χ4n) is 5.00. The van der Waals surface area contributed by atoms with Gasteiger partial charge in [-0.15, -0.1) is 10.2 Å². The molecule has 2 N–H and O–H groups in total. The molecule has 0 saturated heterocycles. The van der Waals surface area contributed by atoms with E-state index < -0.39 is 39.9 Å². The van der Waals surface area contributed by atoms with E-state index in [1.807, 2.05) is 0 Å². The summed E-state index contributed by atoms with van der Waals surface area (Å²) in [5.74, 6) is -0.516. The maximum absolute atomic E-state index is 11.3. The summed E-state index contributed by atoms with van der Waals surface area (Å²) in [5, 5.41) is 59.3. The van der Waals surface area contributed by atoms with Crippen molar-refractivity contribution in [1.82, 2.24) is 0 Å². The van der Waals surface area contributed by atoms with E-state index in [-0.39, 0.29) is 93.9 Å². The number of phenolic OH excluding ortho intramolecular Hbond substituents is 2. The number of hydrogen-bond acceptors (Lipinski definition) is 16. The molecule has 276 valence electrons. The van der Waals surface area contributed by atoms with Crippen LogP contribution in [0.2, 0.25) is 0 Å². The number of nitrogens with zero attached hydrogens (tertiary/aromatic N) is 6. The molecule has 21 heteroatoms. The van der Waals surface area contributed by atoms with E-state index in [1.165, 1.54) is 72.8 Å². The van der Waals surface area contributed by atoms with Crippen molar-refractivity contribution in [1.29, 1.82) is 0 Å². The molecule has 0 atom stereocenters. The van der Waals surface area contributed by atoms with Crippen molar-refractivity contribution in [3.8, 4) is 11.5 Å². The van der Waals surface area contributed by atoms with Gasteiger partial charge in [0.1, 0.15) is 43.1 Å². The van der Waals surface area contributed by atoms with Gasteiger partial charge in [-0.3, -0.25) is 20.2 Å². The number of non-ortho nitro benzene ring substituents is 2. The largest absolute Gasteiger partial charge is 2.00 e. The van der Waals surface area contributed by atoms with Gasteiger partial charge in [0, 0.05) is 35.0 Å². The van der Waals surface area contributed by atoms with Crippen molar-refractivity contribution in [3.05, 3.63) is 128 Å². The predicted octanol–water partition coefficient (Wildman–Crippen LogP) is 7.78. The summed E-state index contributed by atoms with van der Waals surface area (Å²) in [5.41, 5.74) is 1.45. The van der Waals surface area contributed by atoms with Crippen LogP contribution in [-0.2, 0) is 20.2 Å². The molecule has 0 bridgehead atoms. The Labute approximate surface area is 351 Å². The number of fused-ring (bicyclic) bond motifs is 2. The van der Waals surface area contributed by atoms with Gasteiger partial charge in [0.25, 0.3) is 11.4 Å². The first-order valence-corrected chi connectivity index (χ1v) is 17.9. The number of nitro groups is 2. The van der Waals surface area contributed by atoms with Crippen molar-refractivity contribution >= 4 is 125 Å². The van der Waals surface area contributed by atoms with Gasteiger partial charge in [0.15, 0.2) is 0 Å². The first-order chi connectivity index (χ1) is 25.3. The van der Waals surface area contributed by atoms with Gasteiger partial charge in [-0.05, 0) is 84.3 Å². The van der Waals surface area contributed by atoms with Crippen LogP contribution in [0.1, 0.15) is 11.1 Å². The van der Waals surface area contributed by atoms with Gasteiger partial charge in [-0.1, -0.05) is 24.3 Å². The molecule has 18 nitrogen and oxygen atoms in total. The SMILES string of the molecule is Cc1cc([N+](=O)[O-])ccc1N=Nc1c(O)ccc2ccc(S(=O)(=O)[O-])cc12.Cc1cc([N+](=O)[O-])ccc1N=Nc1c(O)ccc2ccc(S(=O)(=O)[O-])cc12.[Ba+2]. The van der Waals surface area contributed by atoms with E-state index >= 15 is 0 Å². The molecule has 0 heterocycles. The normalized spacial score (nSPS) is 11.7. The average Bonchev–Trinajstić information content (AvgIpc) is 3.10. The molecular weight excluding hydrogens is 886 g/mol. The summed E-state index contributed by atoms with van der Waals surface area (Å²) in [6.07, 6.45) is 0. The second kappa shape index (κ2) is 17.1. The van der Waals surface area contributed by atoms with Crippen LogP contribution in [0.15, 0.2) is 127 Å². The Bertz CT molecular complexity index is 2610. The van der Waals surface area contributed by atoms with E-state index in [0.29, 0.717) is 33.3 Å². The van der Waals surface area contributed by atoms with Crippen LogP contribution in [-0.4, -0.2) is 94.9 Å². The van der Waals surface area contributed by atoms with E-state index in [4.69, 9.17) is 0 Å². The van der Waals surface area contributed by atoms with Crippen LogP contribution < -0.4 is 0 Å². The Morgan fingerprint density at radius 1 is 0.527 bits per heavy atom. The topological polar surface area (TPSA) is 291 Å². The second-order valence-corrected chi connectivity index (χ2v) is 14.2. The van der Waals surface area contributed by atoms with E-state index in [0.717, 1.165) is 12.1 Å². The maximum atomic E-state index is 11.3. The molecule has 0 saturated carbocycles. The Morgan fingerprint density at radius 3 is 1.18 bits per heavy atom.